The van der Waals surface area contributed by atoms with Crippen molar-refractivity contribution < 1.29 is 23.7 Å². The second-order valence-electron chi connectivity index (χ2n) is 5.49. The lowest BCUT2D eigenvalue weighted by molar-refractivity contribution is -0.191. The van der Waals surface area contributed by atoms with Crippen molar-refractivity contribution in [1.82, 2.24) is 0 Å². The first-order valence-corrected chi connectivity index (χ1v) is 6.66. The molecular formula is C15H18O5. The Morgan fingerprint density at radius 2 is 1.80 bits per heavy atom. The number of carbonyl (C=O) groups is 1. The van der Waals surface area contributed by atoms with Crippen LogP contribution in [0.3, 0.4) is 0 Å². The Bertz CT molecular complexity index is 498. The van der Waals surface area contributed by atoms with E-state index in [-0.39, 0.29) is 6.10 Å². The van der Waals surface area contributed by atoms with Gasteiger partial charge in [-0.05, 0) is 19.4 Å². The van der Waals surface area contributed by atoms with Gasteiger partial charge in [-0.3, -0.25) is 0 Å². The second-order valence-corrected chi connectivity index (χ2v) is 5.49. The number of hydrogen-bond donors (Lipinski definition) is 0. The lowest BCUT2D eigenvalue weighted by Crippen LogP contribution is -2.51. The van der Waals surface area contributed by atoms with Crippen molar-refractivity contribution in [3.05, 3.63) is 35.9 Å². The van der Waals surface area contributed by atoms with Gasteiger partial charge in [0, 0.05) is 7.11 Å². The van der Waals surface area contributed by atoms with Crippen molar-refractivity contribution in [2.45, 2.75) is 44.1 Å². The number of benzene rings is 1. The van der Waals surface area contributed by atoms with Crippen molar-refractivity contribution >= 4 is 5.97 Å². The molecule has 2 aliphatic rings. The Hall–Kier alpha value is -1.43. The van der Waals surface area contributed by atoms with Crippen LogP contribution in [0, 0.1) is 0 Å². The molecule has 2 fully saturated rings. The minimum absolute atomic E-state index is 0.387. The molecule has 0 unspecified atom stereocenters. The number of methoxy groups -OCH3 is 1. The molecule has 0 spiro atoms. The zero-order chi connectivity index (χ0) is 14.3. The molecule has 2 heterocycles. The third kappa shape index (κ3) is 2.22. The first-order chi connectivity index (χ1) is 9.52. The van der Waals surface area contributed by atoms with Crippen LogP contribution in [0.15, 0.2) is 30.3 Å². The summed E-state index contributed by atoms with van der Waals surface area (Å²) in [6, 6.07) is 9.53. The first-order valence-electron chi connectivity index (χ1n) is 6.66. The predicted octanol–water partition coefficient (Wildman–Crippen LogP) is 1.82. The quantitative estimate of drug-likeness (QED) is 0.772. The fourth-order valence-corrected chi connectivity index (χ4v) is 2.80. The minimum Gasteiger partial charge on any atom is -0.453 e. The topological polar surface area (TPSA) is 54.0 Å². The summed E-state index contributed by atoms with van der Waals surface area (Å²) >= 11 is 0. The van der Waals surface area contributed by atoms with Gasteiger partial charge in [0.1, 0.15) is 12.2 Å². The Balaban J connectivity index is 1.93. The fraction of sp³-hybridized carbons (Fsp3) is 0.533. The minimum atomic E-state index is -0.809. The van der Waals surface area contributed by atoms with Gasteiger partial charge in [-0.15, -0.1) is 0 Å². The van der Waals surface area contributed by atoms with E-state index < -0.39 is 30.1 Å². The number of fused-ring (bicyclic) bond motifs is 1. The summed E-state index contributed by atoms with van der Waals surface area (Å²) in [7, 11) is 1.59. The predicted molar refractivity (Wildman–Crippen MR) is 69.9 cm³/mol. The molecular weight excluding hydrogens is 260 g/mol. The third-order valence-corrected chi connectivity index (χ3v) is 3.63. The summed E-state index contributed by atoms with van der Waals surface area (Å²) in [5, 5.41) is 0. The molecule has 0 bridgehead atoms. The Labute approximate surface area is 117 Å². The van der Waals surface area contributed by atoms with Crippen LogP contribution in [0.5, 0.6) is 0 Å². The largest absolute Gasteiger partial charge is 0.453 e. The van der Waals surface area contributed by atoms with E-state index in [2.05, 4.69) is 0 Å². The van der Waals surface area contributed by atoms with Crippen molar-refractivity contribution in [1.29, 1.82) is 0 Å². The van der Waals surface area contributed by atoms with Gasteiger partial charge in [-0.1, -0.05) is 30.3 Å². The number of cyclic esters (lactones) is 1. The van der Waals surface area contributed by atoms with E-state index >= 15 is 0 Å². The number of rotatable bonds is 2. The Morgan fingerprint density at radius 1 is 1.10 bits per heavy atom. The maximum atomic E-state index is 12.1. The molecule has 0 saturated carbocycles. The standard InChI is InChI=1S/C15H18O5/c1-15(2)19-12-11(17-3)10(9-7-5-4-6-8-9)18-14(16)13(12)20-15/h4-8,10-13H,1-3H3/t10-,11-,12+,13+/m0/s1. The molecule has 20 heavy (non-hydrogen) atoms. The average molecular weight is 278 g/mol. The monoisotopic (exact) mass is 278 g/mol. The summed E-state index contributed by atoms with van der Waals surface area (Å²) in [6.45, 7) is 3.56. The van der Waals surface area contributed by atoms with Crippen LogP contribution in [0.2, 0.25) is 0 Å². The maximum absolute atomic E-state index is 12.1. The van der Waals surface area contributed by atoms with E-state index in [0.717, 1.165) is 5.56 Å². The molecule has 2 saturated heterocycles. The molecule has 1 aromatic carbocycles. The second kappa shape index (κ2) is 4.84. The van der Waals surface area contributed by atoms with Gasteiger partial charge < -0.3 is 18.9 Å². The molecule has 0 amide bonds. The van der Waals surface area contributed by atoms with Crippen LogP contribution in [0.1, 0.15) is 25.5 Å². The molecule has 3 rings (SSSR count). The zero-order valence-corrected chi connectivity index (χ0v) is 11.7. The fourth-order valence-electron chi connectivity index (χ4n) is 2.80. The van der Waals surface area contributed by atoms with E-state index in [1.807, 2.05) is 30.3 Å². The van der Waals surface area contributed by atoms with E-state index in [1.54, 1.807) is 21.0 Å². The number of carbonyl (C=O) groups excluding carboxylic acids is 1. The van der Waals surface area contributed by atoms with Crippen LogP contribution >= 0.6 is 0 Å². The highest BCUT2D eigenvalue weighted by Gasteiger charge is 2.56. The van der Waals surface area contributed by atoms with E-state index in [9.17, 15) is 4.79 Å². The summed E-state index contributed by atoms with van der Waals surface area (Å²) in [5.74, 6) is -1.21. The SMILES string of the molecule is CO[C@@H]1[C@H]2OC(C)(C)O[C@H]2C(=O)O[C@H]1c1ccccc1. The van der Waals surface area contributed by atoms with Crippen LogP contribution in [0.4, 0.5) is 0 Å². The van der Waals surface area contributed by atoms with Crippen molar-refractivity contribution in [2.75, 3.05) is 7.11 Å². The van der Waals surface area contributed by atoms with Gasteiger partial charge in [0.05, 0.1) is 0 Å². The molecule has 0 N–H and O–H groups in total. The molecule has 0 aromatic heterocycles. The highest BCUT2D eigenvalue weighted by Crippen LogP contribution is 2.40. The molecule has 2 aliphatic heterocycles. The van der Waals surface area contributed by atoms with Crippen LogP contribution in [-0.2, 0) is 23.7 Å². The van der Waals surface area contributed by atoms with Crippen LogP contribution in [0.25, 0.3) is 0 Å². The molecule has 4 atom stereocenters. The van der Waals surface area contributed by atoms with Gasteiger partial charge in [0.15, 0.2) is 18.0 Å². The number of esters is 1. The number of ether oxygens (including phenoxy) is 4. The Morgan fingerprint density at radius 3 is 2.45 bits per heavy atom. The molecule has 1 aromatic rings. The normalized spacial score (nSPS) is 35.5. The highest BCUT2D eigenvalue weighted by molar-refractivity contribution is 5.77. The zero-order valence-electron chi connectivity index (χ0n) is 11.7. The first kappa shape index (κ1) is 13.5. The maximum Gasteiger partial charge on any atom is 0.338 e. The Kier molecular flexibility index (Phi) is 3.28. The molecule has 5 nitrogen and oxygen atoms in total. The van der Waals surface area contributed by atoms with Gasteiger partial charge in [-0.2, -0.15) is 0 Å². The molecule has 108 valence electrons. The third-order valence-electron chi connectivity index (χ3n) is 3.63. The van der Waals surface area contributed by atoms with Crippen LogP contribution in [-0.4, -0.2) is 37.2 Å². The van der Waals surface area contributed by atoms with Crippen molar-refractivity contribution in [2.24, 2.45) is 0 Å². The van der Waals surface area contributed by atoms with Gasteiger partial charge in [0.2, 0.25) is 0 Å². The molecule has 0 aliphatic carbocycles. The molecule has 0 radical (unpaired) electrons. The summed E-state index contributed by atoms with van der Waals surface area (Å²) in [5.41, 5.74) is 0.888. The summed E-state index contributed by atoms with van der Waals surface area (Å²) < 4.78 is 22.5. The van der Waals surface area contributed by atoms with E-state index in [0.29, 0.717) is 0 Å². The summed E-state index contributed by atoms with van der Waals surface area (Å²) in [6.07, 6.45) is -2.05. The van der Waals surface area contributed by atoms with Gasteiger partial charge >= 0.3 is 5.97 Å². The highest BCUT2D eigenvalue weighted by atomic mass is 16.8. The van der Waals surface area contributed by atoms with Crippen molar-refractivity contribution in [3.8, 4) is 0 Å². The number of hydrogen-bond acceptors (Lipinski definition) is 5. The smallest absolute Gasteiger partial charge is 0.338 e. The lowest BCUT2D eigenvalue weighted by Gasteiger charge is -2.36. The average Bonchev–Trinajstić information content (AvgIpc) is 2.75. The van der Waals surface area contributed by atoms with Gasteiger partial charge in [-0.25, -0.2) is 4.79 Å². The van der Waals surface area contributed by atoms with Gasteiger partial charge in [0.25, 0.3) is 0 Å². The van der Waals surface area contributed by atoms with Crippen molar-refractivity contribution in [3.63, 3.8) is 0 Å². The lowest BCUT2D eigenvalue weighted by atomic mass is 9.94. The van der Waals surface area contributed by atoms with E-state index in [4.69, 9.17) is 18.9 Å². The van der Waals surface area contributed by atoms with Crippen LogP contribution < -0.4 is 0 Å². The van der Waals surface area contributed by atoms with E-state index in [1.165, 1.54) is 0 Å². The molecule has 5 heteroatoms. The summed E-state index contributed by atoms with van der Waals surface area (Å²) in [4.78, 5) is 12.1.